The molecule has 0 aliphatic carbocycles. The normalized spacial score (nSPS) is 11.7. The molecule has 1 heterocycles. The maximum atomic E-state index is 13.0. The Morgan fingerprint density at radius 1 is 1.07 bits per heavy atom. The van der Waals surface area contributed by atoms with Crippen molar-refractivity contribution in [2.45, 2.75) is 26.3 Å². The second kappa shape index (κ2) is 9.13. The number of aromatic nitrogens is 1. The van der Waals surface area contributed by atoms with Crippen LogP contribution in [0.3, 0.4) is 0 Å². The number of fused-ring (bicyclic) bond motifs is 1. The maximum absolute atomic E-state index is 13.0. The number of methoxy groups -OCH3 is 3. The summed E-state index contributed by atoms with van der Waals surface area (Å²) in [6.07, 6.45) is 0. The number of hydrogen-bond donors (Lipinski definition) is 0. The van der Waals surface area contributed by atoms with Crippen LogP contribution in [-0.4, -0.2) is 37.8 Å². The number of rotatable bonds is 6. The van der Waals surface area contributed by atoms with Gasteiger partial charge in [0.15, 0.2) is 4.80 Å². The third kappa shape index (κ3) is 4.38. The molecule has 0 fully saturated rings. The molecule has 0 unspecified atom stereocenters. The van der Waals surface area contributed by atoms with E-state index < -0.39 is 11.9 Å². The highest BCUT2D eigenvalue weighted by atomic mass is 32.1. The van der Waals surface area contributed by atoms with E-state index in [1.54, 1.807) is 22.8 Å². The lowest BCUT2D eigenvalue weighted by Crippen LogP contribution is -2.22. The summed E-state index contributed by atoms with van der Waals surface area (Å²) in [6.45, 7) is 4.18. The molecule has 0 atom stereocenters. The topological polar surface area (TPSA) is 79.1 Å². The third-order valence-corrected chi connectivity index (χ3v) is 5.76. The largest absolute Gasteiger partial charge is 0.497 e. The van der Waals surface area contributed by atoms with Gasteiger partial charge >= 0.3 is 5.97 Å². The van der Waals surface area contributed by atoms with Crippen molar-refractivity contribution in [3.63, 3.8) is 0 Å². The van der Waals surface area contributed by atoms with Crippen LogP contribution in [0.25, 0.3) is 10.2 Å². The van der Waals surface area contributed by atoms with Gasteiger partial charge in [-0.05, 0) is 41.8 Å². The fraction of sp³-hybridized carbons (Fsp3) is 0.318. The molecule has 3 rings (SSSR count). The number of carbonyl (C=O) groups excluding carboxylic acids is 2. The average molecular weight is 429 g/mol. The number of benzene rings is 2. The molecule has 8 heteroatoms. The molecular formula is C22H24N2O5S. The van der Waals surface area contributed by atoms with E-state index in [1.165, 1.54) is 38.2 Å². The number of hydrogen-bond acceptors (Lipinski definition) is 6. The highest BCUT2D eigenvalue weighted by molar-refractivity contribution is 7.16. The van der Waals surface area contributed by atoms with Crippen LogP contribution in [0, 0.1) is 0 Å². The second-order valence-electron chi connectivity index (χ2n) is 6.91. The highest BCUT2D eigenvalue weighted by Crippen LogP contribution is 2.26. The van der Waals surface area contributed by atoms with Crippen molar-refractivity contribution >= 4 is 33.4 Å². The number of amides is 1. The first-order chi connectivity index (χ1) is 14.4. The van der Waals surface area contributed by atoms with E-state index in [4.69, 9.17) is 14.2 Å². The minimum absolute atomic E-state index is 0.0428. The van der Waals surface area contributed by atoms with E-state index in [0.29, 0.717) is 22.2 Å². The van der Waals surface area contributed by atoms with Crippen LogP contribution in [0.2, 0.25) is 0 Å². The molecule has 0 bridgehead atoms. The molecule has 0 aliphatic heterocycles. The summed E-state index contributed by atoms with van der Waals surface area (Å²) in [6, 6.07) is 11.0. The predicted molar refractivity (Wildman–Crippen MR) is 115 cm³/mol. The first-order valence-corrected chi connectivity index (χ1v) is 10.2. The molecular weight excluding hydrogens is 404 g/mol. The Kier molecular flexibility index (Phi) is 6.56. The van der Waals surface area contributed by atoms with Gasteiger partial charge in [-0.3, -0.25) is 9.59 Å². The predicted octanol–water partition coefficient (Wildman–Crippen LogP) is 3.76. The lowest BCUT2D eigenvalue weighted by Gasteiger charge is -2.08. The van der Waals surface area contributed by atoms with Gasteiger partial charge < -0.3 is 18.8 Å². The Bertz CT molecular complexity index is 1160. The van der Waals surface area contributed by atoms with Gasteiger partial charge in [-0.25, -0.2) is 0 Å². The molecule has 158 valence electrons. The van der Waals surface area contributed by atoms with Crippen molar-refractivity contribution in [1.29, 1.82) is 0 Å². The fourth-order valence-electron chi connectivity index (χ4n) is 3.01. The monoisotopic (exact) mass is 428 g/mol. The zero-order chi connectivity index (χ0) is 21.8. The first kappa shape index (κ1) is 21.6. The number of nitrogens with zero attached hydrogens (tertiary/aromatic N) is 2. The standard InChI is InChI=1S/C22H24N2O5S/c1-13(2)14-6-8-17-19(10-14)30-22(24(17)12-20(25)29-5)23-21(26)16-11-15(27-3)7-9-18(16)28-4/h6-11,13H,12H2,1-5H3. The van der Waals surface area contributed by atoms with Gasteiger partial charge in [-0.2, -0.15) is 4.99 Å². The van der Waals surface area contributed by atoms with E-state index in [2.05, 4.69) is 24.9 Å². The van der Waals surface area contributed by atoms with Gasteiger partial charge in [0.05, 0.1) is 37.1 Å². The molecule has 2 aromatic carbocycles. The Morgan fingerprint density at radius 3 is 2.47 bits per heavy atom. The van der Waals surface area contributed by atoms with Gasteiger partial charge in [0, 0.05) is 0 Å². The molecule has 0 spiro atoms. The molecule has 0 saturated heterocycles. The van der Waals surface area contributed by atoms with Crippen LogP contribution in [0.15, 0.2) is 41.4 Å². The summed E-state index contributed by atoms with van der Waals surface area (Å²) in [4.78, 5) is 29.7. The van der Waals surface area contributed by atoms with Crippen LogP contribution < -0.4 is 14.3 Å². The van der Waals surface area contributed by atoms with E-state index in [0.717, 1.165) is 10.2 Å². The van der Waals surface area contributed by atoms with Gasteiger partial charge in [0.1, 0.15) is 18.0 Å². The lowest BCUT2D eigenvalue weighted by molar-refractivity contribution is -0.141. The molecule has 7 nitrogen and oxygen atoms in total. The second-order valence-corrected chi connectivity index (χ2v) is 7.92. The molecule has 0 aliphatic rings. The summed E-state index contributed by atoms with van der Waals surface area (Å²) < 4.78 is 18.0. The highest BCUT2D eigenvalue weighted by Gasteiger charge is 2.16. The first-order valence-electron chi connectivity index (χ1n) is 9.39. The quantitative estimate of drug-likeness (QED) is 0.559. The maximum Gasteiger partial charge on any atom is 0.325 e. The summed E-state index contributed by atoms with van der Waals surface area (Å²) in [7, 11) is 4.34. The van der Waals surface area contributed by atoms with Gasteiger partial charge in [0.25, 0.3) is 5.91 Å². The molecule has 0 N–H and O–H groups in total. The summed E-state index contributed by atoms with van der Waals surface area (Å²) in [5.41, 5.74) is 2.27. The van der Waals surface area contributed by atoms with Crippen LogP contribution >= 0.6 is 11.3 Å². The Labute approximate surface area is 178 Å². The van der Waals surface area contributed by atoms with E-state index in [1.807, 2.05) is 12.1 Å². The third-order valence-electron chi connectivity index (χ3n) is 4.72. The number of carbonyl (C=O) groups is 2. The van der Waals surface area contributed by atoms with Crippen molar-refractivity contribution in [3.05, 3.63) is 52.3 Å². The molecule has 30 heavy (non-hydrogen) atoms. The summed E-state index contributed by atoms with van der Waals surface area (Å²) in [5, 5.41) is 0. The Balaban J connectivity index is 2.18. The molecule has 3 aromatic rings. The zero-order valence-electron chi connectivity index (χ0n) is 17.6. The van der Waals surface area contributed by atoms with Crippen molar-refractivity contribution in [3.8, 4) is 11.5 Å². The van der Waals surface area contributed by atoms with Crippen molar-refractivity contribution in [2.75, 3.05) is 21.3 Å². The van der Waals surface area contributed by atoms with Crippen LogP contribution in [0.5, 0.6) is 11.5 Å². The summed E-state index contributed by atoms with van der Waals surface area (Å²) >= 11 is 1.35. The van der Waals surface area contributed by atoms with Crippen LogP contribution in [-0.2, 0) is 16.1 Å². The van der Waals surface area contributed by atoms with Crippen molar-refractivity contribution in [2.24, 2.45) is 4.99 Å². The summed E-state index contributed by atoms with van der Waals surface area (Å²) in [5.74, 6) is 0.367. The fourth-order valence-corrected chi connectivity index (χ4v) is 4.09. The number of esters is 1. The SMILES string of the molecule is COC(=O)Cn1c(=NC(=O)c2cc(OC)ccc2OC)sc2cc(C(C)C)ccc21. The van der Waals surface area contributed by atoms with Crippen LogP contribution in [0.4, 0.5) is 0 Å². The van der Waals surface area contributed by atoms with E-state index >= 15 is 0 Å². The molecule has 0 radical (unpaired) electrons. The number of thiazole rings is 1. The smallest absolute Gasteiger partial charge is 0.325 e. The van der Waals surface area contributed by atoms with Gasteiger partial charge in [-0.15, -0.1) is 0 Å². The van der Waals surface area contributed by atoms with Crippen molar-refractivity contribution < 1.29 is 23.8 Å². The van der Waals surface area contributed by atoms with E-state index in [9.17, 15) is 9.59 Å². The van der Waals surface area contributed by atoms with Gasteiger partial charge in [0.2, 0.25) is 0 Å². The Hall–Kier alpha value is -3.13. The lowest BCUT2D eigenvalue weighted by atomic mass is 10.0. The average Bonchev–Trinajstić information content (AvgIpc) is 3.08. The minimum atomic E-state index is -0.486. The number of ether oxygens (including phenoxy) is 3. The van der Waals surface area contributed by atoms with Crippen LogP contribution in [0.1, 0.15) is 35.7 Å². The molecule has 0 saturated carbocycles. The molecule has 1 amide bonds. The van der Waals surface area contributed by atoms with E-state index in [-0.39, 0.29) is 12.1 Å². The van der Waals surface area contributed by atoms with Gasteiger partial charge in [-0.1, -0.05) is 31.3 Å². The van der Waals surface area contributed by atoms with Crippen molar-refractivity contribution in [1.82, 2.24) is 4.57 Å². The Morgan fingerprint density at radius 2 is 1.83 bits per heavy atom. The molecule has 1 aromatic heterocycles. The minimum Gasteiger partial charge on any atom is -0.497 e. The zero-order valence-corrected chi connectivity index (χ0v) is 18.4.